The summed E-state index contributed by atoms with van der Waals surface area (Å²) < 4.78 is 6.09. The predicted molar refractivity (Wildman–Crippen MR) is 59.0 cm³/mol. The van der Waals surface area contributed by atoms with Crippen molar-refractivity contribution >= 4 is 22.6 Å². The molecule has 1 aromatic rings. The van der Waals surface area contributed by atoms with Gasteiger partial charge in [0.15, 0.2) is 0 Å². The Kier molecular flexibility index (Phi) is 4.14. The van der Waals surface area contributed by atoms with Gasteiger partial charge in [-0.1, -0.05) is 12.1 Å². The van der Waals surface area contributed by atoms with Crippen LogP contribution >= 0.6 is 22.6 Å². The lowest BCUT2D eigenvalue weighted by molar-refractivity contribution is 0.337. The highest BCUT2D eigenvalue weighted by Crippen LogP contribution is 2.08. The van der Waals surface area contributed by atoms with E-state index in [1.165, 1.54) is 9.13 Å². The Morgan fingerprint density at radius 3 is 3.00 bits per heavy atom. The van der Waals surface area contributed by atoms with Gasteiger partial charge in [0.2, 0.25) is 0 Å². The number of allylic oxidation sites excluding steroid dienone is 1. The van der Waals surface area contributed by atoms with Crippen LogP contribution in [0.3, 0.4) is 0 Å². The molecule has 1 rings (SSSR count). The number of methoxy groups -OCH3 is 1. The molecule has 0 spiro atoms. The quantitative estimate of drug-likeness (QED) is 0.608. The Labute approximate surface area is 86.6 Å². The standard InChI is InChI=1S/C10H11IO/c1-12-7-3-5-9-4-2-6-10(11)8-9/h2-4,6-8H,5H2,1H3. The van der Waals surface area contributed by atoms with Crippen LogP contribution in [0.25, 0.3) is 0 Å². The van der Waals surface area contributed by atoms with Crippen molar-refractivity contribution in [1.82, 2.24) is 0 Å². The molecule has 0 aromatic heterocycles. The minimum absolute atomic E-state index is 0.935. The first kappa shape index (κ1) is 9.58. The zero-order chi connectivity index (χ0) is 8.81. The highest BCUT2D eigenvalue weighted by molar-refractivity contribution is 14.1. The number of hydrogen-bond acceptors (Lipinski definition) is 1. The lowest BCUT2D eigenvalue weighted by Gasteiger charge is -1.96. The maximum absolute atomic E-state index is 4.81. The van der Waals surface area contributed by atoms with Crippen LogP contribution in [0.4, 0.5) is 0 Å². The normalized spacial score (nSPS) is 10.5. The van der Waals surface area contributed by atoms with E-state index in [1.807, 2.05) is 6.08 Å². The molecular formula is C10H11IO. The van der Waals surface area contributed by atoms with Crippen molar-refractivity contribution in [2.45, 2.75) is 6.42 Å². The molecular weight excluding hydrogens is 263 g/mol. The second kappa shape index (κ2) is 5.19. The first-order chi connectivity index (χ1) is 5.83. The molecule has 0 aliphatic carbocycles. The number of hydrogen-bond donors (Lipinski definition) is 0. The van der Waals surface area contributed by atoms with E-state index in [1.54, 1.807) is 13.4 Å². The fourth-order valence-electron chi connectivity index (χ4n) is 0.944. The van der Waals surface area contributed by atoms with Gasteiger partial charge in [0.25, 0.3) is 0 Å². The lowest BCUT2D eigenvalue weighted by atomic mass is 10.2. The van der Waals surface area contributed by atoms with E-state index in [-0.39, 0.29) is 0 Å². The molecule has 0 amide bonds. The topological polar surface area (TPSA) is 9.23 Å². The molecule has 1 nitrogen and oxygen atoms in total. The van der Waals surface area contributed by atoms with E-state index < -0.39 is 0 Å². The Balaban J connectivity index is 2.57. The van der Waals surface area contributed by atoms with Crippen LogP contribution < -0.4 is 0 Å². The van der Waals surface area contributed by atoms with Crippen LogP contribution in [-0.4, -0.2) is 7.11 Å². The highest BCUT2D eigenvalue weighted by atomic mass is 127. The monoisotopic (exact) mass is 274 g/mol. The third-order valence-corrected chi connectivity index (χ3v) is 2.15. The summed E-state index contributed by atoms with van der Waals surface area (Å²) in [5.74, 6) is 0. The van der Waals surface area contributed by atoms with Gasteiger partial charge >= 0.3 is 0 Å². The molecule has 0 saturated carbocycles. The Hall–Kier alpha value is -0.510. The van der Waals surface area contributed by atoms with Gasteiger partial charge in [-0.05, 0) is 52.8 Å². The van der Waals surface area contributed by atoms with E-state index in [0.29, 0.717) is 0 Å². The highest BCUT2D eigenvalue weighted by Gasteiger charge is 1.89. The summed E-state index contributed by atoms with van der Waals surface area (Å²) in [6.45, 7) is 0. The fourth-order valence-corrected chi connectivity index (χ4v) is 1.55. The number of rotatable bonds is 3. The maximum Gasteiger partial charge on any atom is 0.0788 e. The molecule has 1 aromatic carbocycles. The summed E-state index contributed by atoms with van der Waals surface area (Å²) >= 11 is 2.31. The summed E-state index contributed by atoms with van der Waals surface area (Å²) in [5, 5.41) is 0. The van der Waals surface area contributed by atoms with Gasteiger partial charge in [-0.3, -0.25) is 0 Å². The summed E-state index contributed by atoms with van der Waals surface area (Å²) in [4.78, 5) is 0. The molecule has 0 heterocycles. The van der Waals surface area contributed by atoms with Gasteiger partial charge in [0.1, 0.15) is 0 Å². The van der Waals surface area contributed by atoms with Crippen molar-refractivity contribution in [3.63, 3.8) is 0 Å². The summed E-state index contributed by atoms with van der Waals surface area (Å²) in [7, 11) is 1.66. The first-order valence-electron chi connectivity index (χ1n) is 3.75. The van der Waals surface area contributed by atoms with Crippen molar-refractivity contribution in [3.05, 3.63) is 45.7 Å². The van der Waals surface area contributed by atoms with Gasteiger partial charge in [-0.15, -0.1) is 0 Å². The minimum atomic E-state index is 0.935. The van der Waals surface area contributed by atoms with Crippen LogP contribution in [0.5, 0.6) is 0 Å². The molecule has 0 aliphatic heterocycles. The van der Waals surface area contributed by atoms with E-state index in [9.17, 15) is 0 Å². The predicted octanol–water partition coefficient (Wildman–Crippen LogP) is 2.99. The summed E-state index contributed by atoms with van der Waals surface area (Å²) in [6.07, 6.45) is 4.65. The van der Waals surface area contributed by atoms with Crippen LogP contribution in [0.15, 0.2) is 36.6 Å². The maximum atomic E-state index is 4.81. The first-order valence-corrected chi connectivity index (χ1v) is 4.83. The number of benzene rings is 1. The summed E-state index contributed by atoms with van der Waals surface area (Å²) in [5.41, 5.74) is 1.32. The van der Waals surface area contributed by atoms with Crippen molar-refractivity contribution in [3.8, 4) is 0 Å². The van der Waals surface area contributed by atoms with E-state index in [2.05, 4.69) is 46.9 Å². The zero-order valence-corrected chi connectivity index (χ0v) is 9.11. The zero-order valence-electron chi connectivity index (χ0n) is 6.96. The third-order valence-electron chi connectivity index (χ3n) is 1.47. The Morgan fingerprint density at radius 2 is 2.33 bits per heavy atom. The lowest BCUT2D eigenvalue weighted by Crippen LogP contribution is -1.81. The molecule has 0 atom stereocenters. The molecule has 0 N–H and O–H groups in total. The van der Waals surface area contributed by atoms with E-state index in [4.69, 9.17) is 4.74 Å². The van der Waals surface area contributed by atoms with Crippen molar-refractivity contribution < 1.29 is 4.74 Å². The molecule has 12 heavy (non-hydrogen) atoms. The second-order valence-electron chi connectivity index (χ2n) is 2.44. The van der Waals surface area contributed by atoms with Gasteiger partial charge < -0.3 is 4.74 Å². The Morgan fingerprint density at radius 1 is 1.50 bits per heavy atom. The van der Waals surface area contributed by atoms with Crippen molar-refractivity contribution in [2.24, 2.45) is 0 Å². The average Bonchev–Trinajstić information content (AvgIpc) is 2.05. The van der Waals surface area contributed by atoms with Gasteiger partial charge in [0.05, 0.1) is 13.4 Å². The molecule has 0 saturated heterocycles. The largest absolute Gasteiger partial charge is 0.505 e. The van der Waals surface area contributed by atoms with Crippen molar-refractivity contribution in [1.29, 1.82) is 0 Å². The SMILES string of the molecule is COC=CCc1cccc(I)c1. The van der Waals surface area contributed by atoms with Crippen LogP contribution in [-0.2, 0) is 11.2 Å². The van der Waals surface area contributed by atoms with Crippen LogP contribution in [0.1, 0.15) is 5.56 Å². The van der Waals surface area contributed by atoms with Gasteiger partial charge in [-0.2, -0.15) is 0 Å². The molecule has 0 aliphatic rings. The molecule has 0 unspecified atom stereocenters. The Bertz CT molecular complexity index is 268. The molecule has 0 radical (unpaired) electrons. The third kappa shape index (κ3) is 3.26. The molecule has 0 fully saturated rings. The molecule has 64 valence electrons. The molecule has 2 heteroatoms. The average molecular weight is 274 g/mol. The fraction of sp³-hybridized carbons (Fsp3) is 0.200. The molecule has 0 bridgehead atoms. The van der Waals surface area contributed by atoms with Gasteiger partial charge in [-0.25, -0.2) is 0 Å². The number of halogens is 1. The number of ether oxygens (including phenoxy) is 1. The van der Waals surface area contributed by atoms with Crippen LogP contribution in [0.2, 0.25) is 0 Å². The van der Waals surface area contributed by atoms with Gasteiger partial charge in [0, 0.05) is 3.57 Å². The smallest absolute Gasteiger partial charge is 0.0788 e. The van der Waals surface area contributed by atoms with Crippen LogP contribution in [0, 0.1) is 3.57 Å². The van der Waals surface area contributed by atoms with E-state index in [0.717, 1.165) is 6.42 Å². The second-order valence-corrected chi connectivity index (χ2v) is 3.69. The minimum Gasteiger partial charge on any atom is -0.505 e. The summed E-state index contributed by atoms with van der Waals surface area (Å²) in [6, 6.07) is 8.44. The van der Waals surface area contributed by atoms with Crippen molar-refractivity contribution in [2.75, 3.05) is 7.11 Å². The van der Waals surface area contributed by atoms with E-state index >= 15 is 0 Å².